The van der Waals surface area contributed by atoms with Crippen molar-refractivity contribution in [2.45, 2.75) is 25.0 Å². The van der Waals surface area contributed by atoms with Gasteiger partial charge in [0.1, 0.15) is 11.3 Å². The molecule has 0 bridgehead atoms. The van der Waals surface area contributed by atoms with Gasteiger partial charge in [-0.15, -0.1) is 0 Å². The van der Waals surface area contributed by atoms with Gasteiger partial charge in [0, 0.05) is 16.6 Å². The van der Waals surface area contributed by atoms with Crippen LogP contribution in [0.4, 0.5) is 0 Å². The molecule has 1 N–H and O–H groups in total. The van der Waals surface area contributed by atoms with Gasteiger partial charge in [0.2, 0.25) is 6.10 Å². The summed E-state index contributed by atoms with van der Waals surface area (Å²) in [5.74, 6) is -0.661. The SMILES string of the molecule is COc1ccc(Cl)cc1C(=O)O[C@H](C(=O)NC1CC1)c1ccccc1. The standard InChI is InChI=1S/C19H18ClNO4/c1-24-16-10-7-13(20)11-15(16)19(23)25-17(12-5-3-2-4-6-12)18(22)21-14-8-9-14/h2-7,10-11,14,17H,8-9H2,1H3,(H,21,22)/t17-/m0/s1. The van der Waals surface area contributed by atoms with Gasteiger partial charge in [-0.1, -0.05) is 41.9 Å². The van der Waals surface area contributed by atoms with E-state index < -0.39 is 12.1 Å². The van der Waals surface area contributed by atoms with Gasteiger partial charge < -0.3 is 14.8 Å². The lowest BCUT2D eigenvalue weighted by atomic mass is 10.1. The van der Waals surface area contributed by atoms with Crippen LogP contribution < -0.4 is 10.1 Å². The number of nitrogens with one attached hydrogen (secondary N) is 1. The predicted octanol–water partition coefficient (Wildman–Crippen LogP) is 3.53. The van der Waals surface area contributed by atoms with Crippen molar-refractivity contribution in [1.82, 2.24) is 5.32 Å². The third kappa shape index (κ3) is 4.31. The van der Waals surface area contributed by atoms with E-state index in [1.165, 1.54) is 13.2 Å². The third-order valence-electron chi connectivity index (χ3n) is 3.87. The Kier molecular flexibility index (Phi) is 5.24. The molecule has 1 atom stereocenters. The van der Waals surface area contributed by atoms with Crippen molar-refractivity contribution >= 4 is 23.5 Å². The summed E-state index contributed by atoms with van der Waals surface area (Å²) >= 11 is 5.97. The maximum Gasteiger partial charge on any atom is 0.343 e. The highest BCUT2D eigenvalue weighted by atomic mass is 35.5. The van der Waals surface area contributed by atoms with E-state index in [0.29, 0.717) is 16.3 Å². The molecule has 2 aromatic carbocycles. The molecule has 3 rings (SSSR count). The smallest absolute Gasteiger partial charge is 0.343 e. The minimum atomic E-state index is -1.03. The lowest BCUT2D eigenvalue weighted by Crippen LogP contribution is -2.33. The fraction of sp³-hybridized carbons (Fsp3) is 0.263. The average Bonchev–Trinajstić information content (AvgIpc) is 3.44. The summed E-state index contributed by atoms with van der Waals surface area (Å²) in [5.41, 5.74) is 0.783. The monoisotopic (exact) mass is 359 g/mol. The number of carbonyl (C=O) groups excluding carboxylic acids is 2. The van der Waals surface area contributed by atoms with Gasteiger partial charge >= 0.3 is 5.97 Å². The quantitative estimate of drug-likeness (QED) is 0.801. The first-order valence-corrected chi connectivity index (χ1v) is 8.36. The van der Waals surface area contributed by atoms with E-state index in [1.54, 1.807) is 36.4 Å². The second-order valence-electron chi connectivity index (χ2n) is 5.82. The Hall–Kier alpha value is -2.53. The Morgan fingerprint density at radius 3 is 2.52 bits per heavy atom. The van der Waals surface area contributed by atoms with Crippen LogP contribution >= 0.6 is 11.6 Å². The summed E-state index contributed by atoms with van der Waals surface area (Å²) in [7, 11) is 1.45. The molecule has 25 heavy (non-hydrogen) atoms. The van der Waals surface area contributed by atoms with Crippen molar-refractivity contribution in [3.8, 4) is 5.75 Å². The molecule has 1 fully saturated rings. The van der Waals surface area contributed by atoms with Crippen molar-refractivity contribution in [3.05, 3.63) is 64.7 Å². The van der Waals surface area contributed by atoms with Gasteiger partial charge in [-0.2, -0.15) is 0 Å². The zero-order chi connectivity index (χ0) is 17.8. The van der Waals surface area contributed by atoms with Crippen LogP contribution in [0.15, 0.2) is 48.5 Å². The number of ether oxygens (including phenoxy) is 2. The lowest BCUT2D eigenvalue weighted by molar-refractivity contribution is -0.130. The van der Waals surface area contributed by atoms with Crippen LogP contribution in [0.3, 0.4) is 0 Å². The number of benzene rings is 2. The molecule has 0 radical (unpaired) electrons. The molecule has 1 aliphatic carbocycles. The molecule has 0 unspecified atom stereocenters. The van der Waals surface area contributed by atoms with Crippen molar-refractivity contribution in [1.29, 1.82) is 0 Å². The summed E-state index contributed by atoms with van der Waals surface area (Å²) in [5, 5.41) is 3.26. The van der Waals surface area contributed by atoms with E-state index in [-0.39, 0.29) is 17.5 Å². The molecule has 0 spiro atoms. The van der Waals surface area contributed by atoms with E-state index in [0.717, 1.165) is 12.8 Å². The van der Waals surface area contributed by atoms with Crippen LogP contribution in [-0.4, -0.2) is 25.0 Å². The van der Waals surface area contributed by atoms with Gasteiger partial charge in [0.25, 0.3) is 5.91 Å². The number of carbonyl (C=O) groups is 2. The number of hydrogen-bond donors (Lipinski definition) is 1. The van der Waals surface area contributed by atoms with Crippen LogP contribution in [0.5, 0.6) is 5.75 Å². The van der Waals surface area contributed by atoms with Crippen LogP contribution in [0, 0.1) is 0 Å². The van der Waals surface area contributed by atoms with Crippen LogP contribution in [-0.2, 0) is 9.53 Å². The normalized spacial score (nSPS) is 14.5. The molecule has 5 nitrogen and oxygen atoms in total. The fourth-order valence-corrected chi connectivity index (χ4v) is 2.59. The second kappa shape index (κ2) is 7.57. The molecule has 1 aliphatic rings. The summed E-state index contributed by atoms with van der Waals surface area (Å²) in [6.07, 6.45) is 0.866. The van der Waals surface area contributed by atoms with Crippen LogP contribution in [0.2, 0.25) is 5.02 Å². The Balaban J connectivity index is 1.85. The zero-order valence-electron chi connectivity index (χ0n) is 13.7. The van der Waals surface area contributed by atoms with Crippen molar-refractivity contribution in [2.75, 3.05) is 7.11 Å². The van der Waals surface area contributed by atoms with E-state index in [2.05, 4.69) is 5.32 Å². The first-order chi connectivity index (χ1) is 12.1. The first-order valence-electron chi connectivity index (χ1n) is 7.98. The van der Waals surface area contributed by atoms with E-state index in [4.69, 9.17) is 21.1 Å². The molecule has 6 heteroatoms. The summed E-state index contributed by atoms with van der Waals surface area (Å²) < 4.78 is 10.7. The molecule has 1 amide bonds. The Morgan fingerprint density at radius 2 is 1.88 bits per heavy atom. The highest BCUT2D eigenvalue weighted by Crippen LogP contribution is 2.27. The van der Waals surface area contributed by atoms with E-state index in [9.17, 15) is 9.59 Å². The molecule has 0 heterocycles. The molecule has 0 saturated heterocycles. The van der Waals surface area contributed by atoms with Crippen LogP contribution in [0.25, 0.3) is 0 Å². The van der Waals surface area contributed by atoms with Gasteiger partial charge in [-0.25, -0.2) is 4.79 Å². The average molecular weight is 360 g/mol. The Labute approximate surface area is 150 Å². The number of halogens is 1. The fourth-order valence-electron chi connectivity index (χ4n) is 2.42. The maximum atomic E-state index is 12.6. The minimum Gasteiger partial charge on any atom is -0.496 e. The van der Waals surface area contributed by atoms with Crippen molar-refractivity contribution in [3.63, 3.8) is 0 Å². The van der Waals surface area contributed by atoms with Crippen molar-refractivity contribution < 1.29 is 19.1 Å². The highest BCUT2D eigenvalue weighted by molar-refractivity contribution is 6.31. The van der Waals surface area contributed by atoms with Crippen LogP contribution in [0.1, 0.15) is 34.9 Å². The number of amides is 1. The summed E-state index contributed by atoms with van der Waals surface area (Å²) in [6, 6.07) is 13.7. The zero-order valence-corrected chi connectivity index (χ0v) is 14.5. The Bertz CT molecular complexity index is 774. The van der Waals surface area contributed by atoms with E-state index in [1.807, 2.05) is 6.07 Å². The molecule has 1 saturated carbocycles. The van der Waals surface area contributed by atoms with E-state index >= 15 is 0 Å². The van der Waals surface area contributed by atoms with Gasteiger partial charge in [-0.05, 0) is 31.0 Å². The number of methoxy groups -OCH3 is 1. The molecule has 130 valence electrons. The predicted molar refractivity (Wildman–Crippen MR) is 93.8 cm³/mol. The molecular formula is C19H18ClNO4. The largest absolute Gasteiger partial charge is 0.496 e. The maximum absolute atomic E-state index is 12.6. The number of hydrogen-bond acceptors (Lipinski definition) is 4. The molecule has 0 aliphatic heterocycles. The number of esters is 1. The topological polar surface area (TPSA) is 64.6 Å². The lowest BCUT2D eigenvalue weighted by Gasteiger charge is -2.18. The van der Waals surface area contributed by atoms with Crippen molar-refractivity contribution in [2.24, 2.45) is 0 Å². The highest BCUT2D eigenvalue weighted by Gasteiger charge is 2.31. The summed E-state index contributed by atoms with van der Waals surface area (Å²) in [6.45, 7) is 0. The molecule has 2 aromatic rings. The second-order valence-corrected chi connectivity index (χ2v) is 6.26. The summed E-state index contributed by atoms with van der Waals surface area (Å²) in [4.78, 5) is 25.2. The number of rotatable bonds is 6. The third-order valence-corrected chi connectivity index (χ3v) is 4.11. The van der Waals surface area contributed by atoms with Gasteiger partial charge in [0.15, 0.2) is 0 Å². The van der Waals surface area contributed by atoms with Gasteiger partial charge in [-0.3, -0.25) is 4.79 Å². The van der Waals surface area contributed by atoms with Gasteiger partial charge in [0.05, 0.1) is 7.11 Å². The first kappa shape index (κ1) is 17.3. The molecular weight excluding hydrogens is 342 g/mol. The minimum absolute atomic E-state index is 0.165. The molecule has 0 aromatic heterocycles. The Morgan fingerprint density at radius 1 is 1.16 bits per heavy atom.